The van der Waals surface area contributed by atoms with E-state index in [0.29, 0.717) is 0 Å². The summed E-state index contributed by atoms with van der Waals surface area (Å²) in [5.74, 6) is 0. The Hall–Kier alpha value is -0.990. The molecule has 3 heteroatoms. The van der Waals surface area contributed by atoms with E-state index in [1.165, 1.54) is 16.8 Å². The van der Waals surface area contributed by atoms with Crippen molar-refractivity contribution in [3.05, 3.63) is 63.1 Å². The largest absolute Gasteiger partial charge is 0.381 e. The highest BCUT2D eigenvalue weighted by molar-refractivity contribution is 9.10. The summed E-state index contributed by atoms with van der Waals surface area (Å²) in [6, 6.07) is 14.3. The molecule has 0 unspecified atom stereocenters. The third-order valence-corrected chi connectivity index (χ3v) is 3.86. The molecule has 0 heterocycles. The van der Waals surface area contributed by atoms with Gasteiger partial charge in [0.2, 0.25) is 0 Å². The molecule has 94 valence electrons. The molecule has 0 saturated carbocycles. The van der Waals surface area contributed by atoms with Gasteiger partial charge in [-0.25, -0.2) is 0 Å². The Morgan fingerprint density at radius 2 is 1.89 bits per heavy atom. The van der Waals surface area contributed by atoms with Crippen LogP contribution in [0.4, 0.5) is 5.69 Å². The maximum Gasteiger partial charge on any atom is 0.0417 e. The van der Waals surface area contributed by atoms with Crippen molar-refractivity contribution in [3.63, 3.8) is 0 Å². The quantitative estimate of drug-likeness (QED) is 0.807. The predicted octanol–water partition coefficient (Wildman–Crippen LogP) is 5.28. The molecular formula is C15H15BrClN. The zero-order chi connectivity index (χ0) is 13.0. The second-order valence-corrected chi connectivity index (χ2v) is 5.39. The third-order valence-electron chi connectivity index (χ3n) is 2.88. The van der Waals surface area contributed by atoms with Gasteiger partial charge in [-0.1, -0.05) is 58.7 Å². The SMILES string of the molecule is CCc1ccccc1NCc1ccc(Cl)cc1Br. The van der Waals surface area contributed by atoms with Crippen LogP contribution in [0.2, 0.25) is 5.02 Å². The minimum absolute atomic E-state index is 0.750. The molecule has 0 aromatic heterocycles. The fourth-order valence-electron chi connectivity index (χ4n) is 1.86. The number of nitrogens with one attached hydrogen (secondary N) is 1. The van der Waals surface area contributed by atoms with Gasteiger partial charge in [0.1, 0.15) is 0 Å². The zero-order valence-electron chi connectivity index (χ0n) is 10.2. The first-order valence-electron chi connectivity index (χ1n) is 5.96. The molecule has 0 aliphatic carbocycles. The molecule has 0 amide bonds. The molecule has 0 saturated heterocycles. The summed E-state index contributed by atoms with van der Waals surface area (Å²) in [5.41, 5.74) is 3.73. The van der Waals surface area contributed by atoms with Crippen LogP contribution < -0.4 is 5.32 Å². The average molecular weight is 325 g/mol. The summed E-state index contributed by atoms with van der Waals surface area (Å²) in [7, 11) is 0. The normalized spacial score (nSPS) is 10.4. The Bertz CT molecular complexity index is 540. The second-order valence-electron chi connectivity index (χ2n) is 4.10. The molecule has 0 spiro atoms. The van der Waals surface area contributed by atoms with E-state index in [2.05, 4.69) is 52.4 Å². The average Bonchev–Trinajstić information content (AvgIpc) is 2.38. The molecule has 0 fully saturated rings. The van der Waals surface area contributed by atoms with E-state index in [-0.39, 0.29) is 0 Å². The molecular weight excluding hydrogens is 310 g/mol. The van der Waals surface area contributed by atoms with Crippen LogP contribution >= 0.6 is 27.5 Å². The number of anilines is 1. The standard InChI is InChI=1S/C15H15BrClN/c1-2-11-5-3-4-6-15(11)18-10-12-7-8-13(17)9-14(12)16/h3-9,18H,2,10H2,1H3. The minimum atomic E-state index is 0.750. The number of benzene rings is 2. The lowest BCUT2D eigenvalue weighted by Crippen LogP contribution is -2.02. The van der Waals surface area contributed by atoms with Crippen molar-refractivity contribution in [1.82, 2.24) is 0 Å². The van der Waals surface area contributed by atoms with E-state index >= 15 is 0 Å². The first kappa shape index (κ1) is 13.4. The van der Waals surface area contributed by atoms with Gasteiger partial charge >= 0.3 is 0 Å². The Morgan fingerprint density at radius 3 is 2.61 bits per heavy atom. The van der Waals surface area contributed by atoms with Gasteiger partial charge in [0, 0.05) is 21.7 Å². The lowest BCUT2D eigenvalue weighted by molar-refractivity contribution is 1.09. The highest BCUT2D eigenvalue weighted by Crippen LogP contribution is 2.23. The van der Waals surface area contributed by atoms with E-state index < -0.39 is 0 Å². The highest BCUT2D eigenvalue weighted by Gasteiger charge is 2.02. The Labute approximate surface area is 121 Å². The predicted molar refractivity (Wildman–Crippen MR) is 82.3 cm³/mol. The van der Waals surface area contributed by atoms with Crippen molar-refractivity contribution in [1.29, 1.82) is 0 Å². The minimum Gasteiger partial charge on any atom is -0.381 e. The number of rotatable bonds is 4. The van der Waals surface area contributed by atoms with Crippen molar-refractivity contribution in [2.45, 2.75) is 19.9 Å². The van der Waals surface area contributed by atoms with Crippen molar-refractivity contribution in [2.24, 2.45) is 0 Å². The lowest BCUT2D eigenvalue weighted by atomic mass is 10.1. The van der Waals surface area contributed by atoms with Crippen LogP contribution in [0.1, 0.15) is 18.1 Å². The number of halogens is 2. The molecule has 0 radical (unpaired) electrons. The summed E-state index contributed by atoms with van der Waals surface area (Å²) in [4.78, 5) is 0. The van der Waals surface area contributed by atoms with Crippen LogP contribution in [0.25, 0.3) is 0 Å². The third kappa shape index (κ3) is 3.27. The van der Waals surface area contributed by atoms with Gasteiger partial charge in [0.05, 0.1) is 0 Å². The summed E-state index contributed by atoms with van der Waals surface area (Å²) in [6.07, 6.45) is 1.03. The first-order valence-corrected chi connectivity index (χ1v) is 7.13. The monoisotopic (exact) mass is 323 g/mol. The topological polar surface area (TPSA) is 12.0 Å². The van der Waals surface area contributed by atoms with E-state index in [1.807, 2.05) is 18.2 Å². The summed E-state index contributed by atoms with van der Waals surface area (Å²) in [5, 5.41) is 4.22. The fourth-order valence-corrected chi connectivity index (χ4v) is 2.68. The Morgan fingerprint density at radius 1 is 1.11 bits per heavy atom. The molecule has 1 nitrogen and oxygen atoms in total. The van der Waals surface area contributed by atoms with Gasteiger partial charge in [-0.05, 0) is 35.7 Å². The van der Waals surface area contributed by atoms with Crippen molar-refractivity contribution >= 4 is 33.2 Å². The van der Waals surface area contributed by atoms with E-state index in [0.717, 1.165) is 22.5 Å². The van der Waals surface area contributed by atoms with Gasteiger partial charge in [-0.15, -0.1) is 0 Å². The molecule has 2 aromatic rings. The van der Waals surface area contributed by atoms with Crippen LogP contribution in [0.15, 0.2) is 46.9 Å². The second kappa shape index (κ2) is 6.26. The van der Waals surface area contributed by atoms with Crippen LogP contribution in [0.3, 0.4) is 0 Å². The molecule has 0 aliphatic rings. The summed E-state index contributed by atoms with van der Waals surface area (Å²) in [6.45, 7) is 2.95. The van der Waals surface area contributed by atoms with Crippen LogP contribution in [0, 0.1) is 0 Å². The van der Waals surface area contributed by atoms with Gasteiger partial charge in [-0.3, -0.25) is 0 Å². The van der Waals surface area contributed by atoms with Gasteiger partial charge < -0.3 is 5.32 Å². The molecule has 0 aliphatic heterocycles. The Balaban J connectivity index is 2.11. The maximum absolute atomic E-state index is 5.93. The number of para-hydroxylation sites is 1. The molecule has 1 N–H and O–H groups in total. The van der Waals surface area contributed by atoms with Crippen molar-refractivity contribution in [3.8, 4) is 0 Å². The van der Waals surface area contributed by atoms with Crippen molar-refractivity contribution in [2.75, 3.05) is 5.32 Å². The number of hydrogen-bond acceptors (Lipinski definition) is 1. The highest BCUT2D eigenvalue weighted by atomic mass is 79.9. The molecule has 18 heavy (non-hydrogen) atoms. The molecule has 2 aromatic carbocycles. The van der Waals surface area contributed by atoms with Crippen LogP contribution in [-0.2, 0) is 13.0 Å². The number of aryl methyl sites for hydroxylation is 1. The zero-order valence-corrected chi connectivity index (χ0v) is 12.6. The van der Waals surface area contributed by atoms with Crippen molar-refractivity contribution < 1.29 is 0 Å². The lowest BCUT2D eigenvalue weighted by Gasteiger charge is -2.12. The van der Waals surface area contributed by atoms with Crippen LogP contribution in [-0.4, -0.2) is 0 Å². The van der Waals surface area contributed by atoms with Gasteiger partial charge in [-0.2, -0.15) is 0 Å². The summed E-state index contributed by atoms with van der Waals surface area (Å²) >= 11 is 9.46. The summed E-state index contributed by atoms with van der Waals surface area (Å²) < 4.78 is 1.04. The Kier molecular flexibility index (Phi) is 4.67. The van der Waals surface area contributed by atoms with E-state index in [1.54, 1.807) is 0 Å². The first-order chi connectivity index (χ1) is 8.70. The smallest absolute Gasteiger partial charge is 0.0417 e. The van der Waals surface area contributed by atoms with E-state index in [4.69, 9.17) is 11.6 Å². The fraction of sp³-hybridized carbons (Fsp3) is 0.200. The van der Waals surface area contributed by atoms with Gasteiger partial charge in [0.25, 0.3) is 0 Å². The van der Waals surface area contributed by atoms with Gasteiger partial charge in [0.15, 0.2) is 0 Å². The maximum atomic E-state index is 5.93. The van der Waals surface area contributed by atoms with Crippen LogP contribution in [0.5, 0.6) is 0 Å². The molecule has 0 bridgehead atoms. The number of hydrogen-bond donors (Lipinski definition) is 1. The molecule has 0 atom stereocenters. The van der Waals surface area contributed by atoms with E-state index in [9.17, 15) is 0 Å². The molecule has 2 rings (SSSR count).